The van der Waals surface area contributed by atoms with Gasteiger partial charge in [0.2, 0.25) is 0 Å². The zero-order valence-corrected chi connectivity index (χ0v) is 10.2. The second-order valence-corrected chi connectivity index (χ2v) is 3.86. The van der Waals surface area contributed by atoms with E-state index in [9.17, 15) is 0 Å². The first-order valence-electron chi connectivity index (χ1n) is 5.42. The number of aromatic amines is 1. The lowest BCUT2D eigenvalue weighted by Gasteiger charge is -1.98. The van der Waals surface area contributed by atoms with Gasteiger partial charge in [0.05, 0.1) is 7.05 Å². The molecule has 0 amide bonds. The molecule has 0 aliphatic heterocycles. The molecule has 1 N–H and O–H groups in total. The van der Waals surface area contributed by atoms with Crippen LogP contribution in [0.1, 0.15) is 17.8 Å². The lowest BCUT2D eigenvalue weighted by molar-refractivity contribution is -0.677. The Morgan fingerprint density at radius 3 is 2.50 bits per heavy atom. The number of hydrogen-bond acceptors (Lipinski definition) is 0. The number of aryl methyl sites for hydroxylation is 3. The van der Waals surface area contributed by atoms with E-state index in [0.29, 0.717) is 0 Å². The maximum Gasteiger partial charge on any atom is 0.253 e. The van der Waals surface area contributed by atoms with Crippen molar-refractivity contribution in [3.63, 3.8) is 0 Å². The minimum atomic E-state index is 0. The lowest BCUT2D eigenvalue weighted by Crippen LogP contribution is -3.00. The third-order valence-electron chi connectivity index (χ3n) is 2.70. The lowest BCUT2D eigenvalue weighted by atomic mass is 10.1. The van der Waals surface area contributed by atoms with Crippen molar-refractivity contribution in [2.24, 2.45) is 7.05 Å². The third kappa shape index (κ3) is 3.38. The molecule has 0 saturated carbocycles. The van der Waals surface area contributed by atoms with Crippen LogP contribution in [0.4, 0.5) is 0 Å². The van der Waals surface area contributed by atoms with Gasteiger partial charge in [0, 0.05) is 6.42 Å². The average Bonchev–Trinajstić information content (AvgIpc) is 2.66. The molecule has 0 saturated heterocycles. The van der Waals surface area contributed by atoms with E-state index in [1.165, 1.54) is 17.8 Å². The highest BCUT2D eigenvalue weighted by atomic mass is 35.5. The maximum absolute atomic E-state index is 3.25. The molecular formula is C13H17ClN2. The number of benzene rings is 1. The van der Waals surface area contributed by atoms with Gasteiger partial charge < -0.3 is 12.4 Å². The van der Waals surface area contributed by atoms with E-state index in [1.54, 1.807) is 0 Å². The van der Waals surface area contributed by atoms with E-state index in [-0.39, 0.29) is 12.4 Å². The first-order chi connectivity index (χ1) is 7.36. The van der Waals surface area contributed by atoms with Gasteiger partial charge in [-0.15, -0.1) is 0 Å². The van der Waals surface area contributed by atoms with Gasteiger partial charge in [0.25, 0.3) is 5.82 Å². The smallest absolute Gasteiger partial charge is 0.253 e. The highest BCUT2D eigenvalue weighted by Gasteiger charge is 2.05. The van der Waals surface area contributed by atoms with Crippen LogP contribution in [0.5, 0.6) is 0 Å². The molecule has 2 nitrogen and oxygen atoms in total. The van der Waals surface area contributed by atoms with E-state index >= 15 is 0 Å². The van der Waals surface area contributed by atoms with Gasteiger partial charge >= 0.3 is 0 Å². The topological polar surface area (TPSA) is 19.7 Å². The number of rotatable bonds is 4. The van der Waals surface area contributed by atoms with Gasteiger partial charge in [-0.2, -0.15) is 0 Å². The highest BCUT2D eigenvalue weighted by molar-refractivity contribution is 5.14. The molecule has 1 heterocycles. The molecule has 0 bridgehead atoms. The van der Waals surface area contributed by atoms with E-state index in [1.807, 2.05) is 6.20 Å². The predicted molar refractivity (Wildman–Crippen MR) is 60.4 cm³/mol. The maximum atomic E-state index is 3.25. The second kappa shape index (κ2) is 6.33. The summed E-state index contributed by atoms with van der Waals surface area (Å²) in [5, 5.41) is 0. The standard InChI is InChI=1S/C13H16N2.ClH/c1-15-11-10-14-13(15)9-5-8-12-6-3-2-4-7-12;/h2-4,6-7,10-11H,5,8-9H2,1H3;1H. The fourth-order valence-corrected chi connectivity index (χ4v) is 1.79. The number of nitrogens with one attached hydrogen (secondary N) is 1. The number of nitrogens with zero attached hydrogens (tertiary/aromatic N) is 1. The Morgan fingerprint density at radius 2 is 1.88 bits per heavy atom. The molecule has 1 aromatic heterocycles. The average molecular weight is 237 g/mol. The molecule has 0 radical (unpaired) electrons. The Labute approximate surface area is 103 Å². The fraction of sp³-hybridized carbons (Fsp3) is 0.308. The molecule has 0 aliphatic carbocycles. The monoisotopic (exact) mass is 236 g/mol. The van der Waals surface area contributed by atoms with Crippen molar-refractivity contribution in [1.82, 2.24) is 4.98 Å². The summed E-state index contributed by atoms with van der Waals surface area (Å²) in [6, 6.07) is 10.6. The van der Waals surface area contributed by atoms with Gasteiger partial charge in [0.15, 0.2) is 0 Å². The summed E-state index contributed by atoms with van der Waals surface area (Å²) in [6.07, 6.45) is 7.49. The number of imidazole rings is 1. The van der Waals surface area contributed by atoms with Crippen molar-refractivity contribution in [2.75, 3.05) is 0 Å². The van der Waals surface area contributed by atoms with Crippen molar-refractivity contribution in [1.29, 1.82) is 0 Å². The summed E-state index contributed by atoms with van der Waals surface area (Å²) in [7, 11) is 2.08. The Hall–Kier alpha value is -1.28. The summed E-state index contributed by atoms with van der Waals surface area (Å²) in [4.78, 5) is 3.25. The normalized spacial score (nSPS) is 9.81. The zero-order chi connectivity index (χ0) is 10.5. The van der Waals surface area contributed by atoms with Crippen LogP contribution < -0.4 is 17.0 Å². The number of halogens is 1. The molecule has 86 valence electrons. The van der Waals surface area contributed by atoms with Gasteiger partial charge in [-0.05, 0) is 18.4 Å². The predicted octanol–water partition coefficient (Wildman–Crippen LogP) is -0.981. The van der Waals surface area contributed by atoms with Gasteiger partial charge in [-0.1, -0.05) is 30.3 Å². The Balaban J connectivity index is 0.00000128. The van der Waals surface area contributed by atoms with E-state index < -0.39 is 0 Å². The molecule has 3 heteroatoms. The summed E-state index contributed by atoms with van der Waals surface area (Å²) in [5.74, 6) is 1.30. The van der Waals surface area contributed by atoms with E-state index in [2.05, 4.69) is 53.1 Å². The fourth-order valence-electron chi connectivity index (χ4n) is 1.79. The zero-order valence-electron chi connectivity index (χ0n) is 9.49. The molecule has 0 atom stereocenters. The van der Waals surface area contributed by atoms with Crippen molar-refractivity contribution in [3.8, 4) is 0 Å². The van der Waals surface area contributed by atoms with Crippen LogP contribution in [0.2, 0.25) is 0 Å². The van der Waals surface area contributed by atoms with Crippen molar-refractivity contribution in [2.45, 2.75) is 19.3 Å². The molecule has 16 heavy (non-hydrogen) atoms. The second-order valence-electron chi connectivity index (χ2n) is 3.86. The summed E-state index contributed by atoms with van der Waals surface area (Å²) < 4.78 is 2.14. The van der Waals surface area contributed by atoms with Crippen LogP contribution in [-0.4, -0.2) is 4.98 Å². The van der Waals surface area contributed by atoms with Crippen molar-refractivity contribution in [3.05, 3.63) is 54.1 Å². The van der Waals surface area contributed by atoms with Crippen LogP contribution >= 0.6 is 0 Å². The van der Waals surface area contributed by atoms with E-state index in [4.69, 9.17) is 0 Å². The molecule has 2 rings (SSSR count). The number of hydrogen-bond donors (Lipinski definition) is 1. The van der Waals surface area contributed by atoms with Crippen molar-refractivity contribution < 1.29 is 17.0 Å². The summed E-state index contributed by atoms with van der Waals surface area (Å²) in [5.41, 5.74) is 1.42. The molecule has 0 spiro atoms. The van der Waals surface area contributed by atoms with Crippen LogP contribution in [0.15, 0.2) is 42.7 Å². The molecule has 0 fully saturated rings. The molecule has 0 unspecified atom stereocenters. The van der Waals surface area contributed by atoms with Crippen LogP contribution in [0.25, 0.3) is 0 Å². The molecule has 0 aliphatic rings. The largest absolute Gasteiger partial charge is 1.00 e. The highest BCUT2D eigenvalue weighted by Crippen LogP contribution is 2.04. The summed E-state index contributed by atoms with van der Waals surface area (Å²) >= 11 is 0. The summed E-state index contributed by atoms with van der Waals surface area (Å²) in [6.45, 7) is 0. The minimum absolute atomic E-state index is 0. The number of H-pyrrole nitrogens is 1. The quantitative estimate of drug-likeness (QED) is 0.659. The van der Waals surface area contributed by atoms with Gasteiger partial charge in [-0.3, -0.25) is 0 Å². The van der Waals surface area contributed by atoms with E-state index in [0.717, 1.165) is 12.8 Å². The van der Waals surface area contributed by atoms with Crippen LogP contribution in [0.3, 0.4) is 0 Å². The van der Waals surface area contributed by atoms with Gasteiger partial charge in [-0.25, -0.2) is 9.55 Å². The first-order valence-corrected chi connectivity index (χ1v) is 5.42. The van der Waals surface area contributed by atoms with Crippen LogP contribution in [0, 0.1) is 0 Å². The Bertz CT molecular complexity index is 409. The van der Waals surface area contributed by atoms with Gasteiger partial charge in [0.1, 0.15) is 12.4 Å². The number of aromatic nitrogens is 2. The molecular weight excluding hydrogens is 220 g/mol. The molecule has 1 aromatic carbocycles. The SMILES string of the molecule is C[n+]1cc[nH]c1CCCc1ccccc1.[Cl-]. The Kier molecular flexibility index (Phi) is 5.06. The first kappa shape index (κ1) is 12.8. The molecule has 2 aromatic rings. The third-order valence-corrected chi connectivity index (χ3v) is 2.70. The van der Waals surface area contributed by atoms with Crippen LogP contribution in [-0.2, 0) is 19.9 Å². The minimum Gasteiger partial charge on any atom is -1.00 e. The Morgan fingerprint density at radius 1 is 1.12 bits per heavy atom. The van der Waals surface area contributed by atoms with Crippen molar-refractivity contribution >= 4 is 0 Å².